The Kier molecular flexibility index (Phi) is 2.79. The lowest BCUT2D eigenvalue weighted by Gasteiger charge is -2.10. The molecule has 4 nitrogen and oxygen atoms in total. The number of aromatic hydroxyl groups is 1. The van der Waals surface area contributed by atoms with Crippen LogP contribution in [-0.2, 0) is 0 Å². The van der Waals surface area contributed by atoms with Crippen molar-refractivity contribution in [3.8, 4) is 11.5 Å². The fourth-order valence-electron chi connectivity index (χ4n) is 1.84. The van der Waals surface area contributed by atoms with E-state index in [1.54, 1.807) is 6.07 Å². The molecule has 0 aliphatic carbocycles. The van der Waals surface area contributed by atoms with E-state index in [0.717, 1.165) is 10.9 Å². The molecule has 0 saturated heterocycles. The number of phenols is 1. The number of ether oxygens (including phenoxy) is 1. The van der Waals surface area contributed by atoms with Gasteiger partial charge >= 0.3 is 5.63 Å². The summed E-state index contributed by atoms with van der Waals surface area (Å²) in [6, 6.07) is 4.54. The Morgan fingerprint density at radius 3 is 2.59 bits per heavy atom. The summed E-state index contributed by atoms with van der Waals surface area (Å²) in [5.74, 6) is 0.506. The lowest BCUT2D eigenvalue weighted by Crippen LogP contribution is -2.02. The van der Waals surface area contributed by atoms with Crippen molar-refractivity contribution in [2.24, 2.45) is 0 Å². The maximum Gasteiger partial charge on any atom is 0.336 e. The monoisotopic (exact) mass is 234 g/mol. The van der Waals surface area contributed by atoms with Gasteiger partial charge in [-0.1, -0.05) is 13.8 Å². The molecular weight excluding hydrogens is 220 g/mol. The lowest BCUT2D eigenvalue weighted by atomic mass is 9.99. The predicted molar refractivity (Wildman–Crippen MR) is 64.8 cm³/mol. The van der Waals surface area contributed by atoms with Crippen LogP contribution in [0, 0.1) is 0 Å². The van der Waals surface area contributed by atoms with Crippen LogP contribution >= 0.6 is 0 Å². The smallest absolute Gasteiger partial charge is 0.336 e. The summed E-state index contributed by atoms with van der Waals surface area (Å²) >= 11 is 0. The van der Waals surface area contributed by atoms with Gasteiger partial charge in [-0.05, 0) is 17.5 Å². The highest BCUT2D eigenvalue weighted by atomic mass is 16.5. The summed E-state index contributed by atoms with van der Waals surface area (Å²) in [5.41, 5.74) is 0.888. The quantitative estimate of drug-likeness (QED) is 0.811. The first-order chi connectivity index (χ1) is 8.02. The molecule has 0 unspecified atom stereocenters. The lowest BCUT2D eigenvalue weighted by molar-refractivity contribution is 0.373. The van der Waals surface area contributed by atoms with Crippen molar-refractivity contribution in [2.45, 2.75) is 19.8 Å². The highest BCUT2D eigenvalue weighted by Crippen LogP contribution is 2.33. The molecule has 1 aromatic carbocycles. The molecule has 0 aliphatic rings. The van der Waals surface area contributed by atoms with Gasteiger partial charge in [0.05, 0.1) is 7.11 Å². The van der Waals surface area contributed by atoms with E-state index in [2.05, 4.69) is 0 Å². The molecular formula is C13H14O4. The number of hydrogen-bond donors (Lipinski definition) is 1. The number of benzene rings is 1. The van der Waals surface area contributed by atoms with Crippen molar-refractivity contribution in [1.82, 2.24) is 0 Å². The number of fused-ring (bicyclic) bond motifs is 1. The number of rotatable bonds is 2. The standard InChI is InChI=1S/C13H14O4/c1-7(2)8-5-13(15)17-11-6-12(16-3)10(14)4-9(8)11/h4-7,14H,1-3H3. The zero-order chi connectivity index (χ0) is 12.6. The Bertz CT molecular complexity index is 611. The van der Waals surface area contributed by atoms with E-state index in [9.17, 15) is 9.90 Å². The minimum Gasteiger partial charge on any atom is -0.504 e. The first kappa shape index (κ1) is 11.5. The Hall–Kier alpha value is -1.97. The first-order valence-corrected chi connectivity index (χ1v) is 5.37. The van der Waals surface area contributed by atoms with Gasteiger partial charge in [0.2, 0.25) is 0 Å². The van der Waals surface area contributed by atoms with Gasteiger partial charge in [0, 0.05) is 17.5 Å². The van der Waals surface area contributed by atoms with Crippen molar-refractivity contribution < 1.29 is 14.3 Å². The van der Waals surface area contributed by atoms with E-state index in [1.165, 1.54) is 19.2 Å². The fraction of sp³-hybridized carbons (Fsp3) is 0.308. The normalized spacial score (nSPS) is 11.1. The molecule has 2 rings (SSSR count). The molecule has 1 heterocycles. The number of phenolic OH excluding ortho intramolecular Hbond substituents is 1. The van der Waals surface area contributed by atoms with Crippen molar-refractivity contribution in [3.05, 3.63) is 34.2 Å². The molecule has 0 fully saturated rings. The van der Waals surface area contributed by atoms with Gasteiger partial charge in [-0.15, -0.1) is 0 Å². The van der Waals surface area contributed by atoms with Crippen LogP contribution in [0.2, 0.25) is 0 Å². The third-order valence-corrected chi connectivity index (χ3v) is 2.70. The molecule has 0 atom stereocenters. The number of hydrogen-bond acceptors (Lipinski definition) is 4. The van der Waals surface area contributed by atoms with E-state index in [-0.39, 0.29) is 11.7 Å². The van der Waals surface area contributed by atoms with Gasteiger partial charge in [-0.25, -0.2) is 4.79 Å². The average Bonchev–Trinajstić information content (AvgIpc) is 2.27. The average molecular weight is 234 g/mol. The van der Waals surface area contributed by atoms with Gasteiger partial charge in [-0.3, -0.25) is 0 Å². The zero-order valence-electron chi connectivity index (χ0n) is 9.98. The van der Waals surface area contributed by atoms with Gasteiger partial charge in [0.15, 0.2) is 11.5 Å². The molecule has 1 N–H and O–H groups in total. The molecule has 0 aliphatic heterocycles. The van der Waals surface area contributed by atoms with Crippen LogP contribution < -0.4 is 10.4 Å². The number of methoxy groups -OCH3 is 1. The third kappa shape index (κ3) is 1.98. The fourth-order valence-corrected chi connectivity index (χ4v) is 1.84. The van der Waals surface area contributed by atoms with Crippen molar-refractivity contribution in [2.75, 3.05) is 7.11 Å². The zero-order valence-corrected chi connectivity index (χ0v) is 9.98. The molecule has 17 heavy (non-hydrogen) atoms. The molecule has 2 aromatic rings. The van der Waals surface area contributed by atoms with E-state index in [4.69, 9.17) is 9.15 Å². The van der Waals surface area contributed by atoms with Crippen molar-refractivity contribution >= 4 is 11.0 Å². The molecule has 4 heteroatoms. The Morgan fingerprint density at radius 1 is 1.29 bits per heavy atom. The molecule has 0 spiro atoms. The summed E-state index contributed by atoms with van der Waals surface area (Å²) in [4.78, 5) is 11.4. The van der Waals surface area contributed by atoms with Crippen LogP contribution in [0.1, 0.15) is 25.3 Å². The third-order valence-electron chi connectivity index (χ3n) is 2.70. The first-order valence-electron chi connectivity index (χ1n) is 5.37. The summed E-state index contributed by atoms with van der Waals surface area (Å²) in [6.45, 7) is 3.96. The van der Waals surface area contributed by atoms with E-state index >= 15 is 0 Å². The van der Waals surface area contributed by atoms with E-state index < -0.39 is 5.63 Å². The van der Waals surface area contributed by atoms with Gasteiger partial charge in [-0.2, -0.15) is 0 Å². The molecule has 0 amide bonds. The summed E-state index contributed by atoms with van der Waals surface area (Å²) in [5, 5.41) is 10.5. The van der Waals surface area contributed by atoms with Crippen LogP contribution in [0.25, 0.3) is 11.0 Å². The summed E-state index contributed by atoms with van der Waals surface area (Å²) < 4.78 is 10.1. The Balaban J connectivity index is 2.85. The summed E-state index contributed by atoms with van der Waals surface area (Å²) in [6.07, 6.45) is 0. The van der Waals surface area contributed by atoms with Crippen molar-refractivity contribution in [1.29, 1.82) is 0 Å². The highest BCUT2D eigenvalue weighted by Gasteiger charge is 2.12. The van der Waals surface area contributed by atoms with Gasteiger partial charge < -0.3 is 14.3 Å². The van der Waals surface area contributed by atoms with Crippen LogP contribution in [0.3, 0.4) is 0 Å². The minimum atomic E-state index is -0.394. The van der Waals surface area contributed by atoms with Crippen LogP contribution in [0.4, 0.5) is 0 Å². The predicted octanol–water partition coefficient (Wildman–Crippen LogP) is 2.63. The van der Waals surface area contributed by atoms with Gasteiger partial charge in [0.1, 0.15) is 5.58 Å². The maximum absolute atomic E-state index is 11.4. The second-order valence-electron chi connectivity index (χ2n) is 4.20. The SMILES string of the molecule is COc1cc2oc(=O)cc(C(C)C)c2cc1O. The molecule has 0 saturated carbocycles. The largest absolute Gasteiger partial charge is 0.504 e. The van der Waals surface area contributed by atoms with Gasteiger partial charge in [0.25, 0.3) is 0 Å². The highest BCUT2D eigenvalue weighted by molar-refractivity contribution is 5.84. The minimum absolute atomic E-state index is 0.0377. The Morgan fingerprint density at radius 2 is 2.00 bits per heavy atom. The van der Waals surface area contributed by atoms with Crippen LogP contribution in [0.5, 0.6) is 11.5 Å². The topological polar surface area (TPSA) is 59.7 Å². The van der Waals surface area contributed by atoms with Crippen LogP contribution in [-0.4, -0.2) is 12.2 Å². The Labute approximate surface area is 98.4 Å². The van der Waals surface area contributed by atoms with E-state index in [1.807, 2.05) is 13.8 Å². The van der Waals surface area contributed by atoms with Crippen LogP contribution in [0.15, 0.2) is 27.4 Å². The second kappa shape index (κ2) is 4.13. The van der Waals surface area contributed by atoms with E-state index in [0.29, 0.717) is 11.3 Å². The molecule has 0 radical (unpaired) electrons. The van der Waals surface area contributed by atoms with Crippen molar-refractivity contribution in [3.63, 3.8) is 0 Å². The second-order valence-corrected chi connectivity index (χ2v) is 4.20. The molecule has 0 bridgehead atoms. The molecule has 1 aromatic heterocycles. The summed E-state index contributed by atoms with van der Waals surface area (Å²) in [7, 11) is 1.45. The molecule has 90 valence electrons. The maximum atomic E-state index is 11.4.